The third-order valence-corrected chi connectivity index (χ3v) is 5.29. The van der Waals surface area contributed by atoms with E-state index >= 15 is 0 Å². The number of allylic oxidation sites excluding steroid dienone is 2. The summed E-state index contributed by atoms with van der Waals surface area (Å²) in [5.74, 6) is -1.36. The monoisotopic (exact) mass is 371 g/mol. The van der Waals surface area contributed by atoms with Crippen molar-refractivity contribution in [1.82, 2.24) is 4.90 Å². The highest BCUT2D eigenvalue weighted by atomic mass is 16.5. The number of carbonyl (C=O) groups is 2. The number of anilines is 2. The van der Waals surface area contributed by atoms with Crippen LogP contribution < -0.4 is 10.2 Å². The molecule has 1 aromatic carbocycles. The van der Waals surface area contributed by atoms with Crippen molar-refractivity contribution in [1.29, 1.82) is 0 Å². The molecule has 2 atom stereocenters. The highest BCUT2D eigenvalue weighted by molar-refractivity contribution is 6.06. The van der Waals surface area contributed by atoms with Crippen LogP contribution in [0.3, 0.4) is 0 Å². The Labute approximate surface area is 161 Å². The number of nitrogens with one attached hydrogen (secondary N) is 1. The zero-order valence-electron chi connectivity index (χ0n) is 16.4. The number of likely N-dealkylation sites (N-methyl/N-ethyl adjacent to an activating group) is 1. The molecule has 2 unspecified atom stereocenters. The molecule has 1 aliphatic carbocycles. The van der Waals surface area contributed by atoms with Gasteiger partial charge in [0.15, 0.2) is 5.78 Å². The maximum Gasteiger partial charge on any atom is 0.317 e. The number of benzene rings is 1. The normalized spacial score (nSPS) is 23.7. The van der Waals surface area contributed by atoms with Gasteiger partial charge >= 0.3 is 5.97 Å². The lowest BCUT2D eigenvalue weighted by molar-refractivity contribution is -0.152. The summed E-state index contributed by atoms with van der Waals surface area (Å²) in [4.78, 5) is 29.2. The molecule has 0 bridgehead atoms. The van der Waals surface area contributed by atoms with E-state index in [0.717, 1.165) is 37.6 Å². The number of esters is 1. The van der Waals surface area contributed by atoms with Gasteiger partial charge in [0.1, 0.15) is 5.92 Å². The first-order valence-electron chi connectivity index (χ1n) is 9.69. The first-order valence-corrected chi connectivity index (χ1v) is 9.69. The standard InChI is InChI=1S/C21H29N3O3/c1-4-27-21(26)20-15(2)12-17(14-19(20)25)22-16-6-5-7-18(13-16)24-10-8-23(3)9-11-24/h5-7,13-15,20,22H,4,8-12H2,1-3H3. The molecule has 0 aromatic heterocycles. The number of hydrogen-bond donors (Lipinski definition) is 1. The lowest BCUT2D eigenvalue weighted by Gasteiger charge is -2.34. The number of ketones is 1. The van der Waals surface area contributed by atoms with Crippen molar-refractivity contribution in [3.63, 3.8) is 0 Å². The van der Waals surface area contributed by atoms with Gasteiger partial charge < -0.3 is 19.9 Å². The Hall–Kier alpha value is -2.34. The van der Waals surface area contributed by atoms with Gasteiger partial charge in [-0.1, -0.05) is 13.0 Å². The van der Waals surface area contributed by atoms with Crippen molar-refractivity contribution in [2.45, 2.75) is 20.3 Å². The maximum absolute atomic E-state index is 12.4. The van der Waals surface area contributed by atoms with Crippen molar-refractivity contribution in [3.05, 3.63) is 36.0 Å². The van der Waals surface area contributed by atoms with Crippen LogP contribution in [0.4, 0.5) is 11.4 Å². The third kappa shape index (κ3) is 4.69. The molecule has 6 nitrogen and oxygen atoms in total. The predicted molar refractivity (Wildman–Crippen MR) is 107 cm³/mol. The Morgan fingerprint density at radius 1 is 1.26 bits per heavy atom. The second-order valence-corrected chi connectivity index (χ2v) is 7.45. The Bertz CT molecular complexity index is 723. The average Bonchev–Trinajstić information content (AvgIpc) is 2.62. The fourth-order valence-corrected chi connectivity index (χ4v) is 3.76. The first-order chi connectivity index (χ1) is 13.0. The van der Waals surface area contributed by atoms with Crippen LogP contribution in [-0.2, 0) is 14.3 Å². The van der Waals surface area contributed by atoms with Gasteiger partial charge in [-0.2, -0.15) is 0 Å². The Kier molecular flexibility index (Phi) is 6.16. The molecule has 6 heteroatoms. The van der Waals surface area contributed by atoms with Crippen molar-refractivity contribution in [3.8, 4) is 0 Å². The van der Waals surface area contributed by atoms with Crippen LogP contribution in [-0.4, -0.2) is 56.5 Å². The summed E-state index contributed by atoms with van der Waals surface area (Å²) in [6.07, 6.45) is 2.21. The minimum atomic E-state index is -0.688. The summed E-state index contributed by atoms with van der Waals surface area (Å²) in [5, 5.41) is 3.37. The van der Waals surface area contributed by atoms with Crippen LogP contribution in [0.5, 0.6) is 0 Å². The van der Waals surface area contributed by atoms with Gasteiger partial charge in [-0.15, -0.1) is 0 Å². The number of nitrogens with zero attached hydrogens (tertiary/aromatic N) is 2. The third-order valence-electron chi connectivity index (χ3n) is 5.29. The Balaban J connectivity index is 1.69. The van der Waals surface area contributed by atoms with Gasteiger partial charge in [0.05, 0.1) is 6.61 Å². The van der Waals surface area contributed by atoms with Crippen LogP contribution in [0.15, 0.2) is 36.0 Å². The van der Waals surface area contributed by atoms with Gasteiger partial charge in [-0.05, 0) is 44.5 Å². The van der Waals surface area contributed by atoms with Crippen molar-refractivity contribution in [2.75, 3.05) is 50.1 Å². The highest BCUT2D eigenvalue weighted by Gasteiger charge is 2.36. The van der Waals surface area contributed by atoms with Gasteiger partial charge in [0.25, 0.3) is 0 Å². The number of hydrogen-bond acceptors (Lipinski definition) is 6. The van der Waals surface area contributed by atoms with Gasteiger partial charge in [0, 0.05) is 49.3 Å². The van der Waals surface area contributed by atoms with E-state index in [2.05, 4.69) is 34.3 Å². The highest BCUT2D eigenvalue weighted by Crippen LogP contribution is 2.30. The van der Waals surface area contributed by atoms with Crippen molar-refractivity contribution in [2.24, 2.45) is 11.8 Å². The van der Waals surface area contributed by atoms with Crippen LogP contribution in [0.25, 0.3) is 0 Å². The fourth-order valence-electron chi connectivity index (χ4n) is 3.76. The topological polar surface area (TPSA) is 61.9 Å². The molecule has 0 saturated carbocycles. The van der Waals surface area contributed by atoms with Crippen LogP contribution in [0, 0.1) is 11.8 Å². The van der Waals surface area contributed by atoms with Gasteiger partial charge in [0.2, 0.25) is 0 Å². The van der Waals surface area contributed by atoms with E-state index in [1.807, 2.05) is 19.1 Å². The van der Waals surface area contributed by atoms with E-state index in [1.165, 1.54) is 5.69 Å². The van der Waals surface area contributed by atoms with E-state index in [0.29, 0.717) is 13.0 Å². The van der Waals surface area contributed by atoms with E-state index < -0.39 is 11.9 Å². The van der Waals surface area contributed by atoms with E-state index in [4.69, 9.17) is 4.74 Å². The molecule has 1 aromatic rings. The molecular formula is C21H29N3O3. The quantitative estimate of drug-likeness (QED) is 0.634. The summed E-state index contributed by atoms with van der Waals surface area (Å²) < 4.78 is 5.05. The average molecular weight is 371 g/mol. The molecule has 0 spiro atoms. The number of ether oxygens (including phenoxy) is 1. The zero-order chi connectivity index (χ0) is 19.4. The second kappa shape index (κ2) is 8.57. The number of piperazine rings is 1. The molecule has 2 aliphatic rings. The molecule has 1 heterocycles. The molecule has 146 valence electrons. The van der Waals surface area contributed by atoms with E-state index in [9.17, 15) is 9.59 Å². The predicted octanol–water partition coefficient (Wildman–Crippen LogP) is 2.52. The van der Waals surface area contributed by atoms with Gasteiger partial charge in [-0.25, -0.2) is 0 Å². The molecule has 1 N–H and O–H groups in total. The molecule has 0 amide bonds. The van der Waals surface area contributed by atoms with Crippen LogP contribution in [0.2, 0.25) is 0 Å². The van der Waals surface area contributed by atoms with Crippen LogP contribution in [0.1, 0.15) is 20.3 Å². The van der Waals surface area contributed by atoms with Gasteiger partial charge in [-0.3, -0.25) is 9.59 Å². The van der Waals surface area contributed by atoms with E-state index in [1.54, 1.807) is 13.0 Å². The first kappa shape index (κ1) is 19.4. The van der Waals surface area contributed by atoms with Crippen molar-refractivity contribution >= 4 is 23.1 Å². The summed E-state index contributed by atoms with van der Waals surface area (Å²) in [6.45, 7) is 8.12. The second-order valence-electron chi connectivity index (χ2n) is 7.45. The summed E-state index contributed by atoms with van der Waals surface area (Å²) in [7, 11) is 2.15. The summed E-state index contributed by atoms with van der Waals surface area (Å²) in [6, 6.07) is 8.29. The molecule has 27 heavy (non-hydrogen) atoms. The molecule has 0 radical (unpaired) electrons. The SMILES string of the molecule is CCOC(=O)C1C(=O)C=C(Nc2cccc(N3CCN(C)CC3)c2)CC1C. The zero-order valence-corrected chi connectivity index (χ0v) is 16.4. The maximum atomic E-state index is 12.4. The molecular weight excluding hydrogens is 342 g/mol. The molecule has 1 fully saturated rings. The molecule has 1 aliphatic heterocycles. The minimum Gasteiger partial charge on any atom is -0.465 e. The van der Waals surface area contributed by atoms with Crippen LogP contribution >= 0.6 is 0 Å². The smallest absolute Gasteiger partial charge is 0.317 e. The largest absolute Gasteiger partial charge is 0.465 e. The summed E-state index contributed by atoms with van der Waals surface area (Å²) >= 11 is 0. The van der Waals surface area contributed by atoms with Crippen molar-refractivity contribution < 1.29 is 14.3 Å². The number of rotatable bonds is 5. The minimum absolute atomic E-state index is 0.0788. The molecule has 3 rings (SSSR count). The summed E-state index contributed by atoms with van der Waals surface area (Å²) in [5.41, 5.74) is 3.00. The van der Waals surface area contributed by atoms with E-state index in [-0.39, 0.29) is 11.7 Å². The lowest BCUT2D eigenvalue weighted by Crippen LogP contribution is -2.44. The Morgan fingerprint density at radius 3 is 2.67 bits per heavy atom. The lowest BCUT2D eigenvalue weighted by atomic mass is 9.82. The fraction of sp³-hybridized carbons (Fsp3) is 0.524. The number of carbonyl (C=O) groups excluding carboxylic acids is 2. The Morgan fingerprint density at radius 2 is 2.00 bits per heavy atom. The molecule has 1 saturated heterocycles.